The topological polar surface area (TPSA) is 104 Å². The third-order valence-electron chi connectivity index (χ3n) is 5.30. The van der Waals surface area contributed by atoms with Crippen molar-refractivity contribution >= 4 is 6.03 Å². The van der Waals surface area contributed by atoms with Crippen molar-refractivity contribution in [2.24, 2.45) is 0 Å². The number of pyridine rings is 1. The molecule has 0 spiro atoms. The molecule has 2 aliphatic rings. The molecule has 1 saturated heterocycles. The van der Waals surface area contributed by atoms with Crippen molar-refractivity contribution < 1.29 is 14.4 Å². The van der Waals surface area contributed by atoms with Crippen LogP contribution in [0.2, 0.25) is 0 Å². The summed E-state index contributed by atoms with van der Waals surface area (Å²) in [5.74, 6) is 1.79. The van der Waals surface area contributed by atoms with E-state index < -0.39 is 5.60 Å². The number of carbonyl (C=O) groups is 1. The average Bonchev–Trinajstić information content (AvgIpc) is 3.41. The lowest BCUT2D eigenvalue weighted by Gasteiger charge is -2.37. The maximum atomic E-state index is 12.4. The number of amides is 2. The molecular formula is C19H25N5O3. The molecule has 0 radical (unpaired) electrons. The largest absolute Gasteiger partial charge is 0.383 e. The molecule has 1 saturated carbocycles. The Labute approximate surface area is 158 Å². The standard InChI is InChI=1S/C19H25N5O3/c1-13-2-5-15(21-12-13)19(26)7-10-24(11-8-19)18(25)20-9-6-16-22-17(27-23-16)14-3-4-14/h2,5,12,14,26H,3-4,6-11H2,1H3,(H,20,25). The summed E-state index contributed by atoms with van der Waals surface area (Å²) in [7, 11) is 0. The van der Waals surface area contributed by atoms with E-state index in [1.807, 2.05) is 19.1 Å². The van der Waals surface area contributed by atoms with Crippen LogP contribution in [0, 0.1) is 6.92 Å². The summed E-state index contributed by atoms with van der Waals surface area (Å²) in [6.45, 7) is 3.41. The first kappa shape index (κ1) is 17.9. The SMILES string of the molecule is Cc1ccc(C2(O)CCN(C(=O)NCCc3noc(C4CC4)n3)CC2)nc1. The van der Waals surface area contributed by atoms with E-state index in [1.54, 1.807) is 11.1 Å². The van der Waals surface area contributed by atoms with Crippen molar-refractivity contribution in [2.75, 3.05) is 19.6 Å². The van der Waals surface area contributed by atoms with Crippen LogP contribution in [0.3, 0.4) is 0 Å². The Bertz CT molecular complexity index is 792. The molecule has 8 heteroatoms. The van der Waals surface area contributed by atoms with Crippen molar-refractivity contribution in [3.8, 4) is 0 Å². The first-order valence-corrected chi connectivity index (χ1v) is 9.54. The van der Waals surface area contributed by atoms with E-state index in [2.05, 4.69) is 20.4 Å². The molecule has 0 bridgehead atoms. The predicted molar refractivity (Wildman–Crippen MR) is 97.1 cm³/mol. The molecule has 144 valence electrons. The molecule has 2 N–H and O–H groups in total. The zero-order valence-corrected chi connectivity index (χ0v) is 15.5. The Kier molecular flexibility index (Phi) is 4.82. The minimum absolute atomic E-state index is 0.125. The summed E-state index contributed by atoms with van der Waals surface area (Å²) in [6, 6.07) is 3.69. The van der Waals surface area contributed by atoms with Crippen LogP contribution in [-0.4, -0.2) is 50.8 Å². The number of carbonyl (C=O) groups excluding carboxylic acids is 1. The van der Waals surface area contributed by atoms with Crippen molar-refractivity contribution in [1.29, 1.82) is 0 Å². The number of nitrogens with one attached hydrogen (secondary N) is 1. The molecular weight excluding hydrogens is 346 g/mol. The van der Waals surface area contributed by atoms with Gasteiger partial charge in [-0.05, 0) is 44.2 Å². The van der Waals surface area contributed by atoms with Gasteiger partial charge in [-0.2, -0.15) is 4.98 Å². The van der Waals surface area contributed by atoms with Crippen LogP contribution in [-0.2, 0) is 12.0 Å². The van der Waals surface area contributed by atoms with Crippen molar-refractivity contribution in [3.63, 3.8) is 0 Å². The quantitative estimate of drug-likeness (QED) is 0.832. The maximum Gasteiger partial charge on any atom is 0.317 e. The monoisotopic (exact) mass is 371 g/mol. The Morgan fingerprint density at radius 2 is 2.15 bits per heavy atom. The second-order valence-electron chi connectivity index (χ2n) is 7.54. The normalized spacial score (nSPS) is 19.1. The van der Waals surface area contributed by atoms with Crippen molar-refractivity contribution in [1.82, 2.24) is 25.3 Å². The lowest BCUT2D eigenvalue weighted by atomic mass is 9.87. The Balaban J connectivity index is 1.23. The number of aromatic nitrogens is 3. The summed E-state index contributed by atoms with van der Waals surface area (Å²) >= 11 is 0. The molecule has 1 aliphatic carbocycles. The molecule has 0 atom stereocenters. The van der Waals surface area contributed by atoms with Gasteiger partial charge in [-0.3, -0.25) is 4.98 Å². The first-order valence-electron chi connectivity index (χ1n) is 9.54. The number of rotatable bonds is 5. The maximum absolute atomic E-state index is 12.4. The van der Waals surface area contributed by atoms with Crippen LogP contribution in [0.5, 0.6) is 0 Å². The third-order valence-corrected chi connectivity index (χ3v) is 5.30. The number of urea groups is 1. The van der Waals surface area contributed by atoms with Gasteiger partial charge in [-0.15, -0.1) is 0 Å². The summed E-state index contributed by atoms with van der Waals surface area (Å²) in [6.07, 6.45) is 5.51. The van der Waals surface area contributed by atoms with Crippen molar-refractivity contribution in [3.05, 3.63) is 41.3 Å². The zero-order chi connectivity index (χ0) is 18.9. The summed E-state index contributed by atoms with van der Waals surface area (Å²) in [5.41, 5.74) is 0.774. The summed E-state index contributed by atoms with van der Waals surface area (Å²) in [4.78, 5) is 22.8. The Morgan fingerprint density at radius 1 is 1.37 bits per heavy atom. The number of piperidine rings is 1. The minimum Gasteiger partial charge on any atom is -0.383 e. The Hall–Kier alpha value is -2.48. The molecule has 8 nitrogen and oxygen atoms in total. The molecule has 1 aliphatic heterocycles. The van der Waals surface area contributed by atoms with E-state index in [0.29, 0.717) is 56.3 Å². The van der Waals surface area contributed by atoms with Crippen LogP contribution in [0.4, 0.5) is 4.79 Å². The first-order chi connectivity index (χ1) is 13.0. The average molecular weight is 371 g/mol. The van der Waals surface area contributed by atoms with E-state index >= 15 is 0 Å². The number of hydrogen-bond acceptors (Lipinski definition) is 6. The number of aryl methyl sites for hydroxylation is 1. The number of hydrogen-bond donors (Lipinski definition) is 2. The van der Waals surface area contributed by atoms with Crippen molar-refractivity contribution in [2.45, 2.75) is 50.5 Å². The molecule has 2 aromatic heterocycles. The fourth-order valence-electron chi connectivity index (χ4n) is 3.34. The van der Waals surface area contributed by atoms with Gasteiger partial charge in [0.2, 0.25) is 5.89 Å². The van der Waals surface area contributed by atoms with E-state index in [-0.39, 0.29) is 6.03 Å². The van der Waals surface area contributed by atoms with E-state index in [4.69, 9.17) is 4.52 Å². The van der Waals surface area contributed by atoms with E-state index in [9.17, 15) is 9.90 Å². The van der Waals surface area contributed by atoms with Crippen LogP contribution in [0.25, 0.3) is 0 Å². The van der Waals surface area contributed by atoms with Crippen LogP contribution in [0.1, 0.15) is 54.6 Å². The van der Waals surface area contributed by atoms with Gasteiger partial charge in [-0.1, -0.05) is 11.2 Å². The van der Waals surface area contributed by atoms with E-state index in [1.165, 1.54) is 0 Å². The number of nitrogens with zero attached hydrogens (tertiary/aromatic N) is 4. The highest BCUT2D eigenvalue weighted by molar-refractivity contribution is 5.74. The third kappa shape index (κ3) is 4.10. The molecule has 3 heterocycles. The minimum atomic E-state index is -0.964. The lowest BCUT2D eigenvalue weighted by Crippen LogP contribution is -2.49. The Morgan fingerprint density at radius 3 is 2.81 bits per heavy atom. The molecule has 0 aromatic carbocycles. The van der Waals surface area contributed by atoms with Crippen LogP contribution in [0.15, 0.2) is 22.9 Å². The molecule has 27 heavy (non-hydrogen) atoms. The smallest absolute Gasteiger partial charge is 0.317 e. The van der Waals surface area contributed by atoms with Gasteiger partial charge in [0.25, 0.3) is 0 Å². The molecule has 2 aromatic rings. The number of likely N-dealkylation sites (tertiary alicyclic amines) is 1. The fourth-order valence-corrected chi connectivity index (χ4v) is 3.34. The molecule has 4 rings (SSSR count). The molecule has 2 fully saturated rings. The zero-order valence-electron chi connectivity index (χ0n) is 15.5. The van der Waals surface area contributed by atoms with Crippen LogP contribution < -0.4 is 5.32 Å². The second kappa shape index (κ2) is 7.26. The predicted octanol–water partition coefficient (Wildman–Crippen LogP) is 1.89. The van der Waals surface area contributed by atoms with Crippen LogP contribution >= 0.6 is 0 Å². The second-order valence-corrected chi connectivity index (χ2v) is 7.54. The van der Waals surface area contributed by atoms with Gasteiger partial charge >= 0.3 is 6.03 Å². The fraction of sp³-hybridized carbons (Fsp3) is 0.579. The van der Waals surface area contributed by atoms with Gasteiger partial charge in [0.05, 0.1) is 5.69 Å². The number of aliphatic hydroxyl groups is 1. The molecule has 0 unspecified atom stereocenters. The van der Waals surface area contributed by atoms with Gasteiger partial charge in [0.15, 0.2) is 5.82 Å². The highest BCUT2D eigenvalue weighted by atomic mass is 16.5. The summed E-state index contributed by atoms with van der Waals surface area (Å²) in [5, 5.41) is 17.7. The summed E-state index contributed by atoms with van der Waals surface area (Å²) < 4.78 is 5.22. The highest BCUT2D eigenvalue weighted by Gasteiger charge is 2.36. The lowest BCUT2D eigenvalue weighted by molar-refractivity contribution is -0.0203. The van der Waals surface area contributed by atoms with Gasteiger partial charge in [0.1, 0.15) is 5.60 Å². The van der Waals surface area contributed by atoms with Gasteiger partial charge in [-0.25, -0.2) is 4.79 Å². The molecule has 2 amide bonds. The van der Waals surface area contributed by atoms with E-state index in [0.717, 1.165) is 24.3 Å². The highest BCUT2D eigenvalue weighted by Crippen LogP contribution is 2.38. The van der Waals surface area contributed by atoms with Gasteiger partial charge in [0, 0.05) is 38.2 Å². The van der Waals surface area contributed by atoms with Gasteiger partial charge < -0.3 is 19.8 Å².